The van der Waals surface area contributed by atoms with Crippen LogP contribution < -0.4 is 5.32 Å². The van der Waals surface area contributed by atoms with Crippen molar-refractivity contribution in [3.05, 3.63) is 47.6 Å². The van der Waals surface area contributed by atoms with Crippen LogP contribution in [0.25, 0.3) is 0 Å². The third-order valence-electron chi connectivity index (χ3n) is 1.74. The van der Waals surface area contributed by atoms with Crippen LogP contribution in [0.4, 0.5) is 5.69 Å². The summed E-state index contributed by atoms with van der Waals surface area (Å²) in [6.07, 6.45) is 1.21. The first kappa shape index (κ1) is 9.73. The second-order valence-electron chi connectivity index (χ2n) is 2.81. The lowest BCUT2D eigenvalue weighted by atomic mass is 10.3. The molecule has 2 rings (SSSR count). The molecule has 4 nitrogen and oxygen atoms in total. The van der Waals surface area contributed by atoms with Gasteiger partial charge in [-0.15, -0.1) is 0 Å². The topological polar surface area (TPSA) is 55.1 Å². The number of carbonyl (C=O) groups excluding carboxylic acids is 1. The van der Waals surface area contributed by atoms with E-state index < -0.39 is 0 Å². The minimum absolute atomic E-state index is 0.0480. The lowest BCUT2D eigenvalue weighted by Crippen LogP contribution is -2.11. The van der Waals surface area contributed by atoms with Crippen LogP contribution in [-0.2, 0) is 0 Å². The molecule has 1 heterocycles. The Hall–Kier alpha value is -1.81. The van der Waals surface area contributed by atoms with E-state index in [0.29, 0.717) is 5.69 Å². The fraction of sp³-hybridized carbons (Fsp3) is 0. The fourth-order valence-electron chi connectivity index (χ4n) is 1.07. The zero-order valence-corrected chi connectivity index (χ0v) is 8.36. The molecule has 0 saturated carbocycles. The van der Waals surface area contributed by atoms with Gasteiger partial charge in [0.1, 0.15) is 6.26 Å². The minimum atomic E-state index is -0.350. The first-order valence-corrected chi connectivity index (χ1v) is 4.61. The number of amides is 1. The first-order valence-electron chi connectivity index (χ1n) is 4.23. The molecule has 0 unspecified atom stereocenters. The molecule has 1 amide bonds. The maximum absolute atomic E-state index is 11.5. The van der Waals surface area contributed by atoms with Gasteiger partial charge < -0.3 is 9.73 Å². The Bertz CT molecular complexity index is 467. The number of aromatic nitrogens is 1. The van der Waals surface area contributed by atoms with Crippen LogP contribution in [0.15, 0.2) is 41.0 Å². The number of hydrogen-bond acceptors (Lipinski definition) is 3. The SMILES string of the molecule is O=C(Nc1ccccc1)c1coc(Cl)n1. The summed E-state index contributed by atoms with van der Waals surface area (Å²) < 4.78 is 4.72. The van der Waals surface area contributed by atoms with Gasteiger partial charge in [0.15, 0.2) is 5.69 Å². The van der Waals surface area contributed by atoms with Gasteiger partial charge in [-0.3, -0.25) is 4.79 Å². The minimum Gasteiger partial charge on any atom is -0.435 e. The first-order chi connectivity index (χ1) is 7.25. The molecular formula is C10H7ClN2O2. The Labute approximate surface area is 90.9 Å². The zero-order valence-electron chi connectivity index (χ0n) is 7.61. The molecule has 0 fully saturated rings. The highest BCUT2D eigenvalue weighted by atomic mass is 35.5. The molecule has 1 aromatic heterocycles. The van der Waals surface area contributed by atoms with Crippen LogP contribution in [0.1, 0.15) is 10.5 Å². The van der Waals surface area contributed by atoms with Gasteiger partial charge in [0.2, 0.25) is 0 Å². The molecule has 15 heavy (non-hydrogen) atoms. The molecule has 0 aliphatic rings. The fourth-order valence-corrected chi connectivity index (χ4v) is 1.21. The highest BCUT2D eigenvalue weighted by molar-refractivity contribution is 6.27. The third-order valence-corrected chi connectivity index (χ3v) is 1.91. The Balaban J connectivity index is 2.11. The van der Waals surface area contributed by atoms with Crippen molar-refractivity contribution in [3.8, 4) is 0 Å². The van der Waals surface area contributed by atoms with Crippen LogP contribution in [-0.4, -0.2) is 10.9 Å². The van der Waals surface area contributed by atoms with Crippen molar-refractivity contribution >= 4 is 23.2 Å². The smallest absolute Gasteiger partial charge is 0.292 e. The normalized spacial score (nSPS) is 9.93. The number of hydrogen-bond donors (Lipinski definition) is 1. The van der Waals surface area contributed by atoms with Gasteiger partial charge >= 0.3 is 0 Å². The van der Waals surface area contributed by atoms with E-state index in [9.17, 15) is 4.79 Å². The van der Waals surface area contributed by atoms with Crippen molar-refractivity contribution in [1.82, 2.24) is 4.98 Å². The van der Waals surface area contributed by atoms with Crippen molar-refractivity contribution in [1.29, 1.82) is 0 Å². The molecule has 2 aromatic rings. The van der Waals surface area contributed by atoms with Crippen molar-refractivity contribution in [2.45, 2.75) is 0 Å². The summed E-state index contributed by atoms with van der Waals surface area (Å²) >= 11 is 5.45. The molecule has 1 N–H and O–H groups in total. The van der Waals surface area contributed by atoms with E-state index in [1.807, 2.05) is 18.2 Å². The summed E-state index contributed by atoms with van der Waals surface area (Å²) in [6.45, 7) is 0. The molecule has 0 bridgehead atoms. The van der Waals surface area contributed by atoms with E-state index in [4.69, 9.17) is 16.0 Å². The van der Waals surface area contributed by atoms with E-state index >= 15 is 0 Å². The third kappa shape index (κ3) is 2.35. The lowest BCUT2D eigenvalue weighted by Gasteiger charge is -2.00. The molecule has 1 aromatic carbocycles. The molecule has 0 aliphatic heterocycles. The van der Waals surface area contributed by atoms with E-state index in [-0.39, 0.29) is 17.0 Å². The summed E-state index contributed by atoms with van der Waals surface area (Å²) in [5.74, 6) is -0.350. The number of nitrogens with zero attached hydrogens (tertiary/aromatic N) is 1. The Morgan fingerprint density at radius 2 is 2.07 bits per heavy atom. The highest BCUT2D eigenvalue weighted by Crippen LogP contribution is 2.10. The number of carbonyl (C=O) groups is 1. The van der Waals surface area contributed by atoms with E-state index in [0.717, 1.165) is 0 Å². The quantitative estimate of drug-likeness (QED) is 0.850. The van der Waals surface area contributed by atoms with Crippen molar-refractivity contribution in [2.75, 3.05) is 5.32 Å². The highest BCUT2D eigenvalue weighted by Gasteiger charge is 2.10. The molecule has 76 valence electrons. The predicted molar refractivity (Wildman–Crippen MR) is 55.9 cm³/mol. The van der Waals surface area contributed by atoms with Gasteiger partial charge in [-0.05, 0) is 23.7 Å². The lowest BCUT2D eigenvalue weighted by molar-refractivity contribution is 0.102. The molecule has 0 aliphatic carbocycles. The number of halogens is 1. The number of rotatable bonds is 2. The van der Waals surface area contributed by atoms with Crippen LogP contribution in [0.3, 0.4) is 0 Å². The van der Waals surface area contributed by atoms with Gasteiger partial charge in [-0.2, -0.15) is 4.98 Å². The maximum Gasteiger partial charge on any atom is 0.292 e. The van der Waals surface area contributed by atoms with E-state index in [2.05, 4.69) is 10.3 Å². The predicted octanol–water partition coefficient (Wildman–Crippen LogP) is 2.58. The zero-order chi connectivity index (χ0) is 10.7. The molecule has 0 radical (unpaired) electrons. The summed E-state index contributed by atoms with van der Waals surface area (Å²) in [6, 6.07) is 9.07. The number of anilines is 1. The van der Waals surface area contributed by atoms with Gasteiger partial charge in [-0.25, -0.2) is 0 Å². The molecule has 0 atom stereocenters. The average molecular weight is 223 g/mol. The summed E-state index contributed by atoms with van der Waals surface area (Å²) in [5.41, 5.74) is 0.852. The maximum atomic E-state index is 11.5. The van der Waals surface area contributed by atoms with E-state index in [1.165, 1.54) is 6.26 Å². The van der Waals surface area contributed by atoms with Gasteiger partial charge in [0.25, 0.3) is 11.3 Å². The van der Waals surface area contributed by atoms with Crippen LogP contribution in [0, 0.1) is 0 Å². The molecular weight excluding hydrogens is 216 g/mol. The largest absolute Gasteiger partial charge is 0.435 e. The van der Waals surface area contributed by atoms with Gasteiger partial charge in [0.05, 0.1) is 0 Å². The van der Waals surface area contributed by atoms with Crippen LogP contribution in [0.2, 0.25) is 5.35 Å². The number of benzene rings is 1. The van der Waals surface area contributed by atoms with E-state index in [1.54, 1.807) is 12.1 Å². The Kier molecular flexibility index (Phi) is 2.69. The molecule has 0 saturated heterocycles. The standard InChI is InChI=1S/C10H7ClN2O2/c11-10-13-8(6-15-10)9(14)12-7-4-2-1-3-5-7/h1-6H,(H,12,14). The number of nitrogens with one attached hydrogen (secondary N) is 1. The second-order valence-corrected chi connectivity index (χ2v) is 3.13. The van der Waals surface area contributed by atoms with Crippen molar-refractivity contribution < 1.29 is 9.21 Å². The summed E-state index contributed by atoms with van der Waals surface area (Å²) in [7, 11) is 0. The Morgan fingerprint density at radius 1 is 1.33 bits per heavy atom. The number of oxazole rings is 1. The summed E-state index contributed by atoms with van der Waals surface area (Å²) in [4.78, 5) is 15.2. The van der Waals surface area contributed by atoms with Crippen molar-refractivity contribution in [3.63, 3.8) is 0 Å². The average Bonchev–Trinajstić information content (AvgIpc) is 2.66. The number of para-hydroxylation sites is 1. The van der Waals surface area contributed by atoms with Crippen molar-refractivity contribution in [2.24, 2.45) is 0 Å². The molecule has 5 heteroatoms. The van der Waals surface area contributed by atoms with Gasteiger partial charge in [-0.1, -0.05) is 18.2 Å². The second kappa shape index (κ2) is 4.14. The Morgan fingerprint density at radius 3 is 2.67 bits per heavy atom. The summed E-state index contributed by atoms with van der Waals surface area (Å²) in [5, 5.41) is 2.60. The monoisotopic (exact) mass is 222 g/mol. The molecule has 0 spiro atoms. The van der Waals surface area contributed by atoms with Gasteiger partial charge in [0, 0.05) is 5.69 Å². The van der Waals surface area contributed by atoms with Crippen LogP contribution in [0.5, 0.6) is 0 Å². The van der Waals surface area contributed by atoms with Crippen LogP contribution >= 0.6 is 11.6 Å².